The van der Waals surface area contributed by atoms with Crippen LogP contribution in [0.4, 0.5) is 28.4 Å². The van der Waals surface area contributed by atoms with Gasteiger partial charge in [-0.1, -0.05) is 179 Å². The predicted molar refractivity (Wildman–Crippen MR) is 304 cm³/mol. The maximum Gasteiger partial charge on any atom is 0.198 e. The molecule has 4 heteroatoms. The molecule has 1 aliphatic carbocycles. The van der Waals surface area contributed by atoms with Crippen molar-refractivity contribution >= 4 is 79.4 Å². The third kappa shape index (κ3) is 7.35. The molecule has 0 saturated heterocycles. The minimum atomic E-state index is 0.0763. The van der Waals surface area contributed by atoms with Gasteiger partial charge >= 0.3 is 0 Å². The normalized spacial score (nSPS) is 14.5. The van der Waals surface area contributed by atoms with Gasteiger partial charge in [0.25, 0.3) is 0 Å². The lowest BCUT2D eigenvalue weighted by atomic mass is 9.57. The molecule has 2 heterocycles. The molecule has 2 aliphatic rings. The molecule has 0 bridgehead atoms. The Morgan fingerprint density at radius 2 is 1.04 bits per heavy atom. The first kappa shape index (κ1) is 43.0. The van der Waals surface area contributed by atoms with Gasteiger partial charge in [-0.3, -0.25) is 0 Å². The molecule has 0 unspecified atom stereocenters. The van der Waals surface area contributed by atoms with Crippen LogP contribution in [0.5, 0.6) is 0 Å². The summed E-state index contributed by atoms with van der Waals surface area (Å²) in [5, 5.41) is 8.74. The number of fused-ring (bicyclic) bond motifs is 7. The van der Waals surface area contributed by atoms with Crippen LogP contribution in [-0.4, -0.2) is 7.28 Å². The summed E-state index contributed by atoms with van der Waals surface area (Å²) in [6.07, 6.45) is 2.32. The van der Waals surface area contributed by atoms with E-state index in [1.165, 1.54) is 93.8 Å². The molecule has 0 atom stereocenters. The Bertz CT molecular complexity index is 3870. The summed E-state index contributed by atoms with van der Waals surface area (Å²) in [5.74, 6) is 0. The van der Waals surface area contributed by atoms with Crippen LogP contribution in [0.25, 0.3) is 77.2 Å². The lowest BCUT2D eigenvalue weighted by Gasteiger charge is -2.41. The van der Waals surface area contributed by atoms with Gasteiger partial charge in [0.15, 0.2) is 7.28 Å². The van der Waals surface area contributed by atoms with Crippen LogP contribution >= 0.6 is 0 Å². The Kier molecular flexibility index (Phi) is 10.0. The number of nitrogens with zero attached hydrogens (tertiary/aromatic N) is 1. The lowest BCUT2D eigenvalue weighted by Crippen LogP contribution is -2.41. The van der Waals surface area contributed by atoms with Crippen molar-refractivity contribution in [3.63, 3.8) is 0 Å². The van der Waals surface area contributed by atoms with E-state index in [0.717, 1.165) is 59.6 Å². The van der Waals surface area contributed by atoms with Crippen LogP contribution in [-0.2, 0) is 10.8 Å². The largest absolute Gasteiger partial charge is 0.456 e. The predicted octanol–water partition coefficient (Wildman–Crippen LogP) is 17.0. The molecule has 71 heavy (non-hydrogen) atoms. The maximum atomic E-state index is 7.03. The first-order valence-corrected chi connectivity index (χ1v) is 25.2. The fourth-order valence-corrected chi connectivity index (χ4v) is 11.8. The fraction of sp³-hybridized carbons (Fsp3) is 0.134. The van der Waals surface area contributed by atoms with Gasteiger partial charge in [-0.2, -0.15) is 0 Å². The quantitative estimate of drug-likeness (QED) is 0.162. The van der Waals surface area contributed by atoms with Gasteiger partial charge in [0.2, 0.25) is 0 Å². The molecule has 0 saturated carbocycles. The Labute approximate surface area is 417 Å². The van der Waals surface area contributed by atoms with E-state index >= 15 is 0 Å². The lowest BCUT2D eigenvalue weighted by molar-refractivity contribution is 0.332. The topological polar surface area (TPSA) is 28.4 Å². The first-order valence-electron chi connectivity index (χ1n) is 25.2. The van der Waals surface area contributed by atoms with Crippen molar-refractivity contribution in [3.05, 3.63) is 223 Å². The van der Waals surface area contributed by atoms with Crippen molar-refractivity contribution in [2.45, 2.75) is 58.3 Å². The van der Waals surface area contributed by atoms with Crippen LogP contribution in [0, 0.1) is 6.92 Å². The third-order valence-electron chi connectivity index (χ3n) is 15.8. The number of hydrogen-bond acceptors (Lipinski definition) is 3. The van der Waals surface area contributed by atoms with Crippen LogP contribution < -0.4 is 21.1 Å². The number of anilines is 5. The summed E-state index contributed by atoms with van der Waals surface area (Å²) in [6.45, 7) is 11.9. The standard InChI is InChI=1S/C67H55BN2O/c1-42-35-48(44-19-11-7-12-20-44)28-32-59(42)70-60-41-63-53(52-38-55-56(40-62(52)71-63)67(4,5)34-33-66(55,2)3)39-57(60)68-65-54(36-49(37-61(65)70)45-21-13-8-14-22-45)64-51-24-16-15-23-47(51)27-31-58(64)69-50-29-25-46(26-30-50)43-17-9-6-10-18-43/h6-32,35-41,68-69H,33-34H2,1-5H3. The molecular formula is C67H55BN2O. The molecule has 13 rings (SSSR count). The highest BCUT2D eigenvalue weighted by atomic mass is 16.3. The summed E-state index contributed by atoms with van der Waals surface area (Å²) in [5.41, 5.74) is 23.8. The van der Waals surface area contributed by atoms with Crippen molar-refractivity contribution in [1.29, 1.82) is 0 Å². The molecule has 11 aromatic rings. The highest BCUT2D eigenvalue weighted by Crippen LogP contribution is 2.50. The number of hydrogen-bond donors (Lipinski definition) is 1. The first-order chi connectivity index (χ1) is 34.6. The van der Waals surface area contributed by atoms with Gasteiger partial charge < -0.3 is 14.6 Å². The van der Waals surface area contributed by atoms with E-state index in [-0.39, 0.29) is 10.8 Å². The Balaban J connectivity index is 1.07. The average Bonchev–Trinajstić information content (AvgIpc) is 3.75. The van der Waals surface area contributed by atoms with Gasteiger partial charge in [-0.05, 0) is 157 Å². The summed E-state index contributed by atoms with van der Waals surface area (Å²) in [4.78, 5) is 2.54. The highest BCUT2D eigenvalue weighted by Gasteiger charge is 2.38. The van der Waals surface area contributed by atoms with E-state index in [2.05, 4.69) is 251 Å². The number of rotatable bonds is 7. The van der Waals surface area contributed by atoms with Gasteiger partial charge in [0.05, 0.1) is 0 Å². The number of benzene rings is 10. The van der Waals surface area contributed by atoms with Gasteiger partial charge in [0, 0.05) is 50.8 Å². The third-order valence-corrected chi connectivity index (χ3v) is 15.8. The summed E-state index contributed by atoms with van der Waals surface area (Å²) in [7, 11) is 0.743. The molecule has 0 radical (unpaired) electrons. The Hall–Kier alpha value is -8.08. The SMILES string of the molecule is Cc1cc(-c2ccccc2)ccc1N1c2cc3oc4cc5c(cc4c3cc2Bc2c(-c3c(Nc4ccc(-c6ccccc6)cc4)ccc4ccccc34)cc(-c3ccccc3)cc21)C(C)(C)CCC5(C)C. The highest BCUT2D eigenvalue weighted by molar-refractivity contribution is 6.73. The van der Waals surface area contributed by atoms with E-state index in [1.807, 2.05) is 0 Å². The van der Waals surface area contributed by atoms with Crippen molar-refractivity contribution < 1.29 is 4.42 Å². The molecule has 0 spiro atoms. The van der Waals surface area contributed by atoms with E-state index in [4.69, 9.17) is 4.42 Å². The van der Waals surface area contributed by atoms with E-state index in [1.54, 1.807) is 0 Å². The second-order valence-corrected chi connectivity index (χ2v) is 21.3. The van der Waals surface area contributed by atoms with Crippen LogP contribution in [0.15, 0.2) is 211 Å². The van der Waals surface area contributed by atoms with Crippen molar-refractivity contribution in [2.24, 2.45) is 0 Å². The van der Waals surface area contributed by atoms with E-state index in [9.17, 15) is 0 Å². The Morgan fingerprint density at radius 3 is 1.73 bits per heavy atom. The zero-order chi connectivity index (χ0) is 48.0. The molecule has 1 aromatic heterocycles. The van der Waals surface area contributed by atoms with Crippen molar-refractivity contribution in [3.8, 4) is 44.5 Å². The van der Waals surface area contributed by atoms with Crippen molar-refractivity contribution in [1.82, 2.24) is 0 Å². The molecule has 1 aliphatic heterocycles. The second kappa shape index (κ2) is 16.5. The second-order valence-electron chi connectivity index (χ2n) is 21.3. The molecule has 1 N–H and O–H groups in total. The molecule has 0 amide bonds. The number of aryl methyl sites for hydroxylation is 1. The smallest absolute Gasteiger partial charge is 0.198 e. The van der Waals surface area contributed by atoms with E-state index in [0.29, 0.717) is 0 Å². The molecule has 0 fully saturated rings. The van der Waals surface area contributed by atoms with Gasteiger partial charge in [0.1, 0.15) is 11.2 Å². The number of nitrogens with one attached hydrogen (secondary N) is 1. The zero-order valence-corrected chi connectivity index (χ0v) is 41.1. The summed E-state index contributed by atoms with van der Waals surface area (Å²) in [6, 6.07) is 76.0. The molecular weight excluding hydrogens is 860 g/mol. The van der Waals surface area contributed by atoms with Crippen molar-refractivity contribution in [2.75, 3.05) is 10.2 Å². The monoisotopic (exact) mass is 914 g/mol. The van der Waals surface area contributed by atoms with Crippen LogP contribution in [0.3, 0.4) is 0 Å². The molecule has 342 valence electrons. The van der Waals surface area contributed by atoms with E-state index < -0.39 is 0 Å². The van der Waals surface area contributed by atoms with Crippen LogP contribution in [0.1, 0.15) is 57.2 Å². The maximum absolute atomic E-state index is 7.03. The molecule has 3 nitrogen and oxygen atoms in total. The number of furan rings is 1. The van der Waals surface area contributed by atoms with Crippen LogP contribution in [0.2, 0.25) is 0 Å². The Morgan fingerprint density at radius 1 is 0.465 bits per heavy atom. The average molecular weight is 915 g/mol. The summed E-state index contributed by atoms with van der Waals surface area (Å²) >= 11 is 0. The zero-order valence-electron chi connectivity index (χ0n) is 41.1. The minimum absolute atomic E-state index is 0.0763. The summed E-state index contributed by atoms with van der Waals surface area (Å²) < 4.78 is 7.03. The fourth-order valence-electron chi connectivity index (χ4n) is 11.8. The molecule has 10 aromatic carbocycles. The minimum Gasteiger partial charge on any atom is -0.456 e. The van der Waals surface area contributed by atoms with Gasteiger partial charge in [-0.15, -0.1) is 0 Å². The van der Waals surface area contributed by atoms with Gasteiger partial charge in [-0.25, -0.2) is 0 Å².